The van der Waals surface area contributed by atoms with Crippen LogP contribution in [0.2, 0.25) is 5.28 Å². The summed E-state index contributed by atoms with van der Waals surface area (Å²) in [6, 6.07) is 12.9. The lowest BCUT2D eigenvalue weighted by atomic mass is 9.96. The monoisotopic (exact) mass is 495 g/mol. The maximum Gasteiger partial charge on any atom is 0.407 e. The van der Waals surface area contributed by atoms with E-state index in [-0.39, 0.29) is 41.4 Å². The maximum atomic E-state index is 13.5. The molecule has 1 aliphatic carbocycles. The number of ether oxygens (including phenoxy) is 1. The van der Waals surface area contributed by atoms with Gasteiger partial charge in [0.05, 0.1) is 23.5 Å². The van der Waals surface area contributed by atoms with E-state index in [1.807, 2.05) is 0 Å². The molecule has 0 fully saturated rings. The van der Waals surface area contributed by atoms with Gasteiger partial charge in [-0.15, -0.1) is 0 Å². The third-order valence-corrected chi connectivity index (χ3v) is 6.24. The number of halogens is 2. The Bertz CT molecular complexity index is 1300. The molecule has 0 radical (unpaired) electrons. The molecule has 35 heavy (non-hydrogen) atoms. The van der Waals surface area contributed by atoms with Crippen molar-refractivity contribution < 1.29 is 19.0 Å². The van der Waals surface area contributed by atoms with E-state index in [0.717, 1.165) is 11.1 Å². The van der Waals surface area contributed by atoms with Gasteiger partial charge >= 0.3 is 6.09 Å². The summed E-state index contributed by atoms with van der Waals surface area (Å²) in [5, 5.41) is 19.2. The summed E-state index contributed by atoms with van der Waals surface area (Å²) in [6.45, 7) is 1.89. The molecule has 2 aromatic carbocycles. The average Bonchev–Trinajstić information content (AvgIpc) is 3.25. The molecule has 0 aliphatic heterocycles. The third-order valence-electron chi connectivity index (χ3n) is 6.07. The van der Waals surface area contributed by atoms with Gasteiger partial charge in [-0.25, -0.2) is 19.2 Å². The number of aromatic nitrogens is 2. The SMILES string of the molecule is CCN(CC(Oc1cc(N)ccc1C#N)c1nc(Cl)nc2c1CCC2c1ccc(F)cc1)C(=O)O. The van der Waals surface area contributed by atoms with Gasteiger partial charge in [-0.2, -0.15) is 5.26 Å². The summed E-state index contributed by atoms with van der Waals surface area (Å²) in [6.07, 6.45) is -0.685. The standard InChI is InChI=1S/C25H23ClFN5O3/c1-2-32(25(33)34)13-21(35-20-11-17(29)8-5-15(20)12-28)23-19-10-9-18(22(19)30-24(26)31-23)14-3-6-16(27)7-4-14/h3-8,11,18,21H,2,9-10,13,29H2,1H3,(H,33,34). The number of nitriles is 1. The molecule has 4 rings (SSSR count). The van der Waals surface area contributed by atoms with E-state index in [4.69, 9.17) is 22.1 Å². The van der Waals surface area contributed by atoms with E-state index in [9.17, 15) is 19.6 Å². The number of fused-ring (bicyclic) bond motifs is 1. The van der Waals surface area contributed by atoms with Crippen LogP contribution in [0.15, 0.2) is 42.5 Å². The van der Waals surface area contributed by atoms with Gasteiger partial charge in [0.1, 0.15) is 17.6 Å². The molecule has 10 heteroatoms. The predicted octanol–water partition coefficient (Wildman–Crippen LogP) is 4.92. The van der Waals surface area contributed by atoms with E-state index in [0.29, 0.717) is 29.9 Å². The van der Waals surface area contributed by atoms with Crippen molar-refractivity contribution in [3.63, 3.8) is 0 Å². The summed E-state index contributed by atoms with van der Waals surface area (Å²) in [5.41, 5.74) is 9.41. The van der Waals surface area contributed by atoms with Crippen molar-refractivity contribution in [2.45, 2.75) is 31.8 Å². The minimum Gasteiger partial charge on any atom is -0.481 e. The molecule has 1 heterocycles. The number of nitrogen functional groups attached to an aromatic ring is 1. The van der Waals surface area contributed by atoms with Gasteiger partial charge in [0, 0.05) is 24.2 Å². The van der Waals surface area contributed by atoms with Crippen LogP contribution in [0.4, 0.5) is 14.9 Å². The second-order valence-corrected chi connectivity index (χ2v) is 8.52. The molecule has 180 valence electrons. The molecule has 0 spiro atoms. The molecule has 3 aromatic rings. The van der Waals surface area contributed by atoms with Crippen molar-refractivity contribution in [1.29, 1.82) is 5.26 Å². The Balaban J connectivity index is 1.80. The van der Waals surface area contributed by atoms with Crippen LogP contribution in [0.5, 0.6) is 5.75 Å². The number of nitrogens with two attached hydrogens (primary N) is 1. The molecular weight excluding hydrogens is 473 g/mol. The fourth-order valence-electron chi connectivity index (χ4n) is 4.35. The maximum absolute atomic E-state index is 13.5. The zero-order chi connectivity index (χ0) is 25.1. The molecule has 2 atom stereocenters. The normalized spacial score (nSPS) is 15.2. The van der Waals surface area contributed by atoms with Crippen molar-refractivity contribution in [2.24, 2.45) is 0 Å². The van der Waals surface area contributed by atoms with E-state index < -0.39 is 12.2 Å². The Kier molecular flexibility index (Phi) is 7.03. The smallest absolute Gasteiger partial charge is 0.407 e. The average molecular weight is 496 g/mol. The number of anilines is 1. The molecule has 0 saturated heterocycles. The van der Waals surface area contributed by atoms with E-state index in [1.165, 1.54) is 23.1 Å². The topological polar surface area (TPSA) is 125 Å². The van der Waals surface area contributed by atoms with Crippen LogP contribution in [0, 0.1) is 17.1 Å². The van der Waals surface area contributed by atoms with Crippen LogP contribution in [0.1, 0.15) is 53.4 Å². The fourth-order valence-corrected chi connectivity index (χ4v) is 4.53. The van der Waals surface area contributed by atoms with Gasteiger partial charge in [0.2, 0.25) is 5.28 Å². The molecule has 2 unspecified atom stereocenters. The van der Waals surface area contributed by atoms with Gasteiger partial charge in [0.15, 0.2) is 6.10 Å². The largest absolute Gasteiger partial charge is 0.481 e. The third kappa shape index (κ3) is 5.12. The molecule has 0 bridgehead atoms. The van der Waals surface area contributed by atoms with Gasteiger partial charge in [-0.3, -0.25) is 0 Å². The summed E-state index contributed by atoms with van der Waals surface area (Å²) < 4.78 is 19.7. The van der Waals surface area contributed by atoms with Crippen molar-refractivity contribution in [3.8, 4) is 11.8 Å². The Morgan fingerprint density at radius 2 is 2.09 bits per heavy atom. The fraction of sp³-hybridized carbons (Fsp3) is 0.280. The molecular formula is C25H23ClFN5O3. The van der Waals surface area contributed by atoms with Crippen molar-refractivity contribution >= 4 is 23.4 Å². The summed E-state index contributed by atoms with van der Waals surface area (Å²) in [7, 11) is 0. The van der Waals surface area contributed by atoms with E-state index in [1.54, 1.807) is 31.2 Å². The highest BCUT2D eigenvalue weighted by atomic mass is 35.5. The molecule has 0 saturated carbocycles. The van der Waals surface area contributed by atoms with Gasteiger partial charge in [-0.05, 0) is 66.8 Å². The molecule has 1 aromatic heterocycles. The van der Waals surface area contributed by atoms with Gasteiger partial charge in [-0.1, -0.05) is 12.1 Å². The lowest BCUT2D eigenvalue weighted by molar-refractivity contribution is 0.109. The van der Waals surface area contributed by atoms with Crippen molar-refractivity contribution in [1.82, 2.24) is 14.9 Å². The first kappa shape index (κ1) is 24.2. The summed E-state index contributed by atoms with van der Waals surface area (Å²) >= 11 is 6.33. The number of benzene rings is 2. The zero-order valence-corrected chi connectivity index (χ0v) is 19.7. The van der Waals surface area contributed by atoms with Crippen molar-refractivity contribution in [3.05, 3.63) is 81.6 Å². The number of likely N-dealkylation sites (N-methyl/N-ethyl adjacent to an activating group) is 1. The number of carbonyl (C=O) groups is 1. The molecule has 8 nitrogen and oxygen atoms in total. The Morgan fingerprint density at radius 3 is 2.74 bits per heavy atom. The number of carboxylic acid groups (broad SMARTS) is 1. The first-order valence-electron chi connectivity index (χ1n) is 11.1. The highest BCUT2D eigenvalue weighted by Gasteiger charge is 2.34. The van der Waals surface area contributed by atoms with E-state index in [2.05, 4.69) is 16.0 Å². The van der Waals surface area contributed by atoms with Crippen LogP contribution < -0.4 is 10.5 Å². The second kappa shape index (κ2) is 10.2. The predicted molar refractivity (Wildman–Crippen MR) is 128 cm³/mol. The Hall–Kier alpha value is -3.90. The highest BCUT2D eigenvalue weighted by Crippen LogP contribution is 2.41. The first-order chi connectivity index (χ1) is 16.8. The van der Waals surface area contributed by atoms with Crippen LogP contribution in [0.3, 0.4) is 0 Å². The minimum atomic E-state index is -1.12. The van der Waals surface area contributed by atoms with Gasteiger partial charge in [0.25, 0.3) is 0 Å². The Labute approximate surface area is 206 Å². The molecule has 3 N–H and O–H groups in total. The minimum absolute atomic E-state index is 0.00665. The quantitative estimate of drug-likeness (QED) is 0.352. The lowest BCUT2D eigenvalue weighted by Crippen LogP contribution is -2.35. The zero-order valence-electron chi connectivity index (χ0n) is 18.9. The molecule has 1 amide bonds. The number of amides is 1. The van der Waals surface area contributed by atoms with Gasteiger partial charge < -0.3 is 20.5 Å². The highest BCUT2D eigenvalue weighted by molar-refractivity contribution is 6.28. The van der Waals surface area contributed by atoms with Crippen LogP contribution in [-0.4, -0.2) is 39.2 Å². The van der Waals surface area contributed by atoms with Crippen LogP contribution in [0.25, 0.3) is 0 Å². The van der Waals surface area contributed by atoms with Crippen LogP contribution >= 0.6 is 11.6 Å². The lowest BCUT2D eigenvalue weighted by Gasteiger charge is -2.27. The molecule has 1 aliphatic rings. The second-order valence-electron chi connectivity index (χ2n) is 8.18. The number of rotatable bonds is 7. The number of nitrogens with zero attached hydrogens (tertiary/aromatic N) is 4. The van der Waals surface area contributed by atoms with E-state index >= 15 is 0 Å². The first-order valence-corrected chi connectivity index (χ1v) is 11.4. The Morgan fingerprint density at radius 1 is 1.34 bits per heavy atom. The number of hydrogen-bond acceptors (Lipinski definition) is 6. The summed E-state index contributed by atoms with van der Waals surface area (Å²) in [5.74, 6) is -0.226. The van der Waals surface area contributed by atoms with Crippen molar-refractivity contribution in [2.75, 3.05) is 18.8 Å². The number of hydrogen-bond donors (Lipinski definition) is 2. The van der Waals surface area contributed by atoms with Crippen LogP contribution in [-0.2, 0) is 6.42 Å². The summed E-state index contributed by atoms with van der Waals surface area (Å²) in [4.78, 5) is 21.9.